The number of carbonyl (C=O) groups excluding carboxylic acids is 3. The van der Waals surface area contributed by atoms with E-state index in [-0.39, 0.29) is 18.2 Å². The van der Waals surface area contributed by atoms with Crippen LogP contribution in [0.15, 0.2) is 36.5 Å². The Labute approximate surface area is 111 Å². The normalized spacial score (nSPS) is 27.6. The average molecular weight is 260 g/mol. The summed E-state index contributed by atoms with van der Waals surface area (Å²) >= 11 is 0. The lowest BCUT2D eigenvalue weighted by Gasteiger charge is -2.39. The zero-order chi connectivity index (χ0) is 14.2. The van der Waals surface area contributed by atoms with Crippen molar-refractivity contribution in [2.24, 2.45) is 0 Å². The monoisotopic (exact) mass is 260 g/mol. The number of hydrogen-bond acceptors (Lipinski definition) is 3. The molecule has 0 radical (unpaired) electrons. The van der Waals surface area contributed by atoms with E-state index in [1.165, 1.54) is 11.0 Å². The Morgan fingerprint density at radius 2 is 1.95 bits per heavy atom. The number of amides is 3. The minimum absolute atomic E-state index is 0.235. The predicted molar refractivity (Wildman–Crippen MR) is 69.9 cm³/mol. The van der Waals surface area contributed by atoms with Crippen LogP contribution >= 0.6 is 0 Å². The highest BCUT2D eigenvalue weighted by atomic mass is 16.2. The minimum atomic E-state index is -0.996. The molecule has 2 rings (SSSR count). The molecule has 5 nitrogen and oxygen atoms in total. The van der Waals surface area contributed by atoms with Gasteiger partial charge in [0.2, 0.25) is 5.91 Å². The lowest BCUT2D eigenvalue weighted by molar-refractivity contribution is -0.149. The van der Waals surface area contributed by atoms with E-state index >= 15 is 0 Å². The van der Waals surface area contributed by atoms with Gasteiger partial charge >= 0.3 is 0 Å². The van der Waals surface area contributed by atoms with E-state index in [0.717, 1.165) is 5.57 Å². The molecule has 19 heavy (non-hydrogen) atoms. The van der Waals surface area contributed by atoms with Gasteiger partial charge in [-0.25, -0.2) is 0 Å². The van der Waals surface area contributed by atoms with Crippen LogP contribution in [0.3, 0.4) is 0 Å². The number of nitrogens with one attached hydrogen (secondary N) is 1. The van der Waals surface area contributed by atoms with Crippen LogP contribution in [0.2, 0.25) is 0 Å². The summed E-state index contributed by atoms with van der Waals surface area (Å²) < 4.78 is 0. The molecule has 0 spiro atoms. The second-order valence-corrected chi connectivity index (χ2v) is 4.89. The van der Waals surface area contributed by atoms with Crippen molar-refractivity contribution in [3.8, 4) is 0 Å². The van der Waals surface area contributed by atoms with Gasteiger partial charge in [0.1, 0.15) is 5.54 Å². The Morgan fingerprint density at radius 1 is 1.26 bits per heavy atom. The average Bonchev–Trinajstić information content (AvgIpc) is 2.71. The van der Waals surface area contributed by atoms with Crippen LogP contribution in [0.5, 0.6) is 0 Å². The molecule has 0 aromatic rings. The van der Waals surface area contributed by atoms with Crippen molar-refractivity contribution >= 4 is 17.7 Å². The van der Waals surface area contributed by atoms with Crippen LogP contribution in [0, 0.1) is 0 Å². The van der Waals surface area contributed by atoms with E-state index in [1.54, 1.807) is 13.0 Å². The van der Waals surface area contributed by atoms with E-state index in [4.69, 9.17) is 0 Å². The first kappa shape index (κ1) is 13.3. The van der Waals surface area contributed by atoms with Crippen LogP contribution in [0.4, 0.5) is 0 Å². The first-order valence-corrected chi connectivity index (χ1v) is 6.08. The maximum Gasteiger partial charge on any atom is 0.255 e. The molecule has 0 aliphatic carbocycles. The third-order valence-electron chi connectivity index (χ3n) is 3.78. The van der Waals surface area contributed by atoms with Crippen LogP contribution < -0.4 is 5.32 Å². The van der Waals surface area contributed by atoms with Gasteiger partial charge in [0.25, 0.3) is 11.8 Å². The highest BCUT2D eigenvalue weighted by Crippen LogP contribution is 2.32. The van der Waals surface area contributed by atoms with Crippen molar-refractivity contribution in [1.82, 2.24) is 10.2 Å². The lowest BCUT2D eigenvalue weighted by atomic mass is 9.89. The highest BCUT2D eigenvalue weighted by molar-refractivity contribution is 6.08. The van der Waals surface area contributed by atoms with Gasteiger partial charge in [-0.15, -0.1) is 0 Å². The second-order valence-electron chi connectivity index (χ2n) is 4.89. The van der Waals surface area contributed by atoms with Crippen LogP contribution in [0.1, 0.15) is 19.8 Å². The van der Waals surface area contributed by atoms with Gasteiger partial charge in [-0.2, -0.15) is 0 Å². The first-order valence-electron chi connectivity index (χ1n) is 6.08. The largest absolute Gasteiger partial charge is 0.320 e. The molecule has 2 aliphatic heterocycles. The maximum absolute atomic E-state index is 12.3. The van der Waals surface area contributed by atoms with Gasteiger partial charge in [0, 0.05) is 18.5 Å². The Kier molecular flexibility index (Phi) is 3.14. The topological polar surface area (TPSA) is 66.5 Å². The van der Waals surface area contributed by atoms with Crippen molar-refractivity contribution in [3.63, 3.8) is 0 Å². The number of hydrogen-bond donors (Lipinski definition) is 1. The summed E-state index contributed by atoms with van der Waals surface area (Å²) in [5, 5.41) is 2.29. The summed E-state index contributed by atoms with van der Waals surface area (Å²) in [4.78, 5) is 37.1. The van der Waals surface area contributed by atoms with Crippen molar-refractivity contribution < 1.29 is 14.4 Å². The summed E-state index contributed by atoms with van der Waals surface area (Å²) in [6.07, 6.45) is 3.65. The molecule has 0 aromatic heterocycles. The van der Waals surface area contributed by atoms with Crippen molar-refractivity contribution in [2.45, 2.75) is 25.3 Å². The van der Waals surface area contributed by atoms with E-state index in [9.17, 15) is 14.4 Å². The lowest BCUT2D eigenvalue weighted by Crippen LogP contribution is -2.62. The van der Waals surface area contributed by atoms with Gasteiger partial charge in [0.05, 0.1) is 0 Å². The van der Waals surface area contributed by atoms with Gasteiger partial charge in [-0.1, -0.05) is 25.3 Å². The fourth-order valence-electron chi connectivity index (χ4n) is 2.45. The third-order valence-corrected chi connectivity index (χ3v) is 3.78. The summed E-state index contributed by atoms with van der Waals surface area (Å²) in [5.74, 6) is -0.960. The van der Waals surface area contributed by atoms with E-state index in [0.29, 0.717) is 18.5 Å². The molecule has 1 atom stereocenters. The third kappa shape index (κ3) is 1.91. The summed E-state index contributed by atoms with van der Waals surface area (Å²) in [6, 6.07) is 0. The number of piperidine rings is 1. The van der Waals surface area contributed by atoms with E-state index in [1.807, 2.05) is 0 Å². The van der Waals surface area contributed by atoms with Gasteiger partial charge in [-0.05, 0) is 18.9 Å². The van der Waals surface area contributed by atoms with Crippen molar-refractivity contribution in [3.05, 3.63) is 36.5 Å². The van der Waals surface area contributed by atoms with Crippen LogP contribution in [-0.4, -0.2) is 34.7 Å². The molecule has 1 saturated heterocycles. The van der Waals surface area contributed by atoms with Gasteiger partial charge < -0.3 is 4.90 Å². The molecular weight excluding hydrogens is 244 g/mol. The number of nitrogens with zero attached hydrogens (tertiary/aromatic N) is 1. The molecule has 1 unspecified atom stereocenters. The van der Waals surface area contributed by atoms with Gasteiger partial charge in [0.15, 0.2) is 0 Å². The molecule has 3 amide bonds. The molecule has 0 saturated carbocycles. The smallest absolute Gasteiger partial charge is 0.255 e. The fourth-order valence-corrected chi connectivity index (χ4v) is 2.45. The minimum Gasteiger partial charge on any atom is -0.320 e. The highest BCUT2D eigenvalue weighted by Gasteiger charge is 2.48. The van der Waals surface area contributed by atoms with Crippen LogP contribution in [0.25, 0.3) is 0 Å². The fraction of sp³-hybridized carbons (Fsp3) is 0.357. The van der Waals surface area contributed by atoms with Gasteiger partial charge in [-0.3, -0.25) is 19.7 Å². The molecule has 1 N–H and O–H groups in total. The molecule has 2 aliphatic rings. The Hall–Kier alpha value is -2.17. The van der Waals surface area contributed by atoms with Crippen LogP contribution in [-0.2, 0) is 14.4 Å². The molecule has 2 heterocycles. The molecule has 5 heteroatoms. The molecule has 1 fully saturated rings. The molecule has 100 valence electrons. The zero-order valence-corrected chi connectivity index (χ0v) is 10.9. The second kappa shape index (κ2) is 4.50. The molecule has 0 aromatic carbocycles. The van der Waals surface area contributed by atoms with E-state index < -0.39 is 11.4 Å². The number of carbonyl (C=O) groups is 3. The summed E-state index contributed by atoms with van der Waals surface area (Å²) in [7, 11) is 0. The molecule has 0 bridgehead atoms. The Morgan fingerprint density at radius 3 is 2.42 bits per heavy atom. The molecular formula is C14H16N2O3. The number of rotatable bonds is 3. The standard InChI is InChI=1S/C14H16N2O3/c1-4-9-8-16(12(18)10(9)5-2)14(3)7-6-11(17)15-13(14)19/h4-5H,1-2,6-8H2,3H3,(H,15,17,19). The van der Waals surface area contributed by atoms with E-state index in [2.05, 4.69) is 18.5 Å². The summed E-state index contributed by atoms with van der Waals surface area (Å²) in [6.45, 7) is 9.29. The van der Waals surface area contributed by atoms with Crippen molar-refractivity contribution in [1.29, 1.82) is 0 Å². The predicted octanol–water partition coefficient (Wildman–Crippen LogP) is 0.692. The SMILES string of the molecule is C=CC1=C(C=C)C(=O)N(C2(C)CCC(=O)NC2=O)C1. The zero-order valence-electron chi connectivity index (χ0n) is 10.9. The number of imide groups is 1. The Balaban J connectivity index is 2.32. The quantitative estimate of drug-likeness (QED) is 0.759. The van der Waals surface area contributed by atoms with Crippen molar-refractivity contribution in [2.75, 3.05) is 6.54 Å². The summed E-state index contributed by atoms with van der Waals surface area (Å²) in [5.41, 5.74) is 0.233. The maximum atomic E-state index is 12.3. The Bertz CT molecular complexity index is 533. The first-order chi connectivity index (χ1) is 8.93.